The zero-order chi connectivity index (χ0) is 18.4. The number of hydrogen-bond acceptors (Lipinski definition) is 6. The molecule has 0 aliphatic heterocycles. The van der Waals surface area contributed by atoms with E-state index in [0.29, 0.717) is 12.2 Å². The van der Waals surface area contributed by atoms with Gasteiger partial charge < -0.3 is 9.47 Å². The maximum atomic E-state index is 12.4. The first-order valence-electron chi connectivity index (χ1n) is 6.81. The van der Waals surface area contributed by atoms with Crippen molar-refractivity contribution in [2.45, 2.75) is 30.9 Å². The highest BCUT2D eigenvalue weighted by molar-refractivity contribution is 7.87. The molecule has 1 aromatic carbocycles. The van der Waals surface area contributed by atoms with Gasteiger partial charge in [-0.25, -0.2) is 8.98 Å². The predicted molar refractivity (Wildman–Crippen MR) is 77.8 cm³/mol. The maximum Gasteiger partial charge on any atom is 0.523 e. The number of para-hydroxylation sites is 1. The average molecular weight is 370 g/mol. The second kappa shape index (κ2) is 8.34. The van der Waals surface area contributed by atoms with Gasteiger partial charge in [-0.15, -0.1) is 0 Å². The summed E-state index contributed by atoms with van der Waals surface area (Å²) in [7, 11) is -3.49. The second-order valence-electron chi connectivity index (χ2n) is 4.71. The Bertz CT molecular complexity index is 657. The van der Waals surface area contributed by atoms with Gasteiger partial charge >= 0.3 is 21.6 Å². The Labute approximate surface area is 137 Å². The van der Waals surface area contributed by atoms with Gasteiger partial charge in [0.1, 0.15) is 5.75 Å². The molecule has 0 bridgehead atoms. The molecular weight excluding hydrogens is 353 g/mol. The molecule has 0 fully saturated rings. The number of aryl methyl sites for hydroxylation is 1. The van der Waals surface area contributed by atoms with Crippen LogP contribution in [-0.4, -0.2) is 40.2 Å². The molecule has 1 aromatic rings. The molecule has 0 radical (unpaired) electrons. The van der Waals surface area contributed by atoms with Crippen molar-refractivity contribution in [3.8, 4) is 5.75 Å². The summed E-state index contributed by atoms with van der Waals surface area (Å²) in [5, 5.41) is 0. The lowest BCUT2D eigenvalue weighted by Gasteiger charge is -2.16. The van der Waals surface area contributed by atoms with E-state index in [1.54, 1.807) is 24.3 Å². The minimum atomic E-state index is -5.89. The molecule has 24 heavy (non-hydrogen) atoms. The summed E-state index contributed by atoms with van der Waals surface area (Å²) in [5.41, 5.74) is -4.84. The lowest BCUT2D eigenvalue weighted by atomic mass is 10.1. The Hall–Kier alpha value is -1.81. The molecule has 0 heterocycles. The van der Waals surface area contributed by atoms with Crippen molar-refractivity contribution in [2.24, 2.45) is 0 Å². The first-order chi connectivity index (χ1) is 11.1. The molecule has 1 unspecified atom stereocenters. The van der Waals surface area contributed by atoms with Gasteiger partial charge in [0, 0.05) is 0 Å². The Balaban J connectivity index is 2.76. The van der Waals surface area contributed by atoms with E-state index in [1.165, 1.54) is 7.11 Å². The number of ether oxygens (including phenoxy) is 2. The normalized spacial score (nSPS) is 13.4. The molecule has 0 aliphatic carbocycles. The quantitative estimate of drug-likeness (QED) is 0.397. The lowest BCUT2D eigenvalue weighted by Crippen LogP contribution is -2.34. The number of carbonyl (C=O) groups is 1. The monoisotopic (exact) mass is 370 g/mol. The van der Waals surface area contributed by atoms with Crippen molar-refractivity contribution in [3.63, 3.8) is 0 Å². The van der Waals surface area contributed by atoms with Gasteiger partial charge in [0.2, 0.25) is 0 Å². The Morgan fingerprint density at radius 1 is 1.21 bits per heavy atom. The summed E-state index contributed by atoms with van der Waals surface area (Å²) in [6.45, 7) is 0. The Morgan fingerprint density at radius 3 is 2.38 bits per heavy atom. The van der Waals surface area contributed by atoms with E-state index < -0.39 is 27.7 Å². The predicted octanol–water partition coefficient (Wildman–Crippen LogP) is 2.43. The molecule has 0 aromatic heterocycles. The summed E-state index contributed by atoms with van der Waals surface area (Å²) < 4.78 is 72.6. The maximum absolute atomic E-state index is 12.4. The summed E-state index contributed by atoms with van der Waals surface area (Å²) in [6.07, 6.45) is -1.59. The fourth-order valence-corrected chi connectivity index (χ4v) is 2.52. The first kappa shape index (κ1) is 20.2. The Kier molecular flexibility index (Phi) is 7.03. The highest BCUT2D eigenvalue weighted by Crippen LogP contribution is 2.27. The molecular formula is C14H17F3O6S. The topological polar surface area (TPSA) is 78.9 Å². The largest absolute Gasteiger partial charge is 0.523 e. The van der Waals surface area contributed by atoms with Crippen LogP contribution in [0.15, 0.2) is 24.3 Å². The number of rotatable bonds is 8. The van der Waals surface area contributed by atoms with E-state index >= 15 is 0 Å². The highest BCUT2D eigenvalue weighted by Gasteiger charge is 2.49. The van der Waals surface area contributed by atoms with E-state index in [9.17, 15) is 26.4 Å². The fourth-order valence-electron chi connectivity index (χ4n) is 1.93. The fraction of sp³-hybridized carbons (Fsp3) is 0.500. The Morgan fingerprint density at radius 2 is 1.83 bits per heavy atom. The summed E-state index contributed by atoms with van der Waals surface area (Å²) in [6, 6.07) is 6.95. The molecule has 0 amide bonds. The van der Waals surface area contributed by atoms with Gasteiger partial charge in [0.05, 0.1) is 14.2 Å². The van der Waals surface area contributed by atoms with E-state index in [1.807, 2.05) is 0 Å². The van der Waals surface area contributed by atoms with E-state index in [2.05, 4.69) is 8.92 Å². The second-order valence-corrected chi connectivity index (χ2v) is 6.28. The number of halogens is 3. The lowest BCUT2D eigenvalue weighted by molar-refractivity contribution is -0.149. The van der Waals surface area contributed by atoms with Crippen LogP contribution in [0.4, 0.5) is 13.2 Å². The van der Waals surface area contributed by atoms with Crippen LogP contribution in [0.3, 0.4) is 0 Å². The smallest absolute Gasteiger partial charge is 0.496 e. The average Bonchev–Trinajstić information content (AvgIpc) is 2.52. The zero-order valence-electron chi connectivity index (χ0n) is 13.0. The van der Waals surface area contributed by atoms with Gasteiger partial charge in [-0.3, -0.25) is 0 Å². The van der Waals surface area contributed by atoms with Gasteiger partial charge in [-0.2, -0.15) is 21.6 Å². The van der Waals surface area contributed by atoms with E-state index in [-0.39, 0.29) is 12.8 Å². The van der Waals surface area contributed by atoms with Crippen LogP contribution in [0.2, 0.25) is 0 Å². The van der Waals surface area contributed by atoms with Crippen LogP contribution < -0.4 is 4.74 Å². The highest BCUT2D eigenvalue weighted by atomic mass is 32.2. The summed E-state index contributed by atoms with van der Waals surface area (Å²) in [4.78, 5) is 11.5. The third-order valence-corrected chi connectivity index (χ3v) is 4.15. The number of alkyl halides is 3. The molecule has 0 saturated carbocycles. The molecule has 1 rings (SSSR count). The van der Waals surface area contributed by atoms with Crippen molar-refractivity contribution in [1.82, 2.24) is 0 Å². The van der Waals surface area contributed by atoms with Crippen LogP contribution >= 0.6 is 0 Å². The van der Waals surface area contributed by atoms with Crippen LogP contribution in [0.1, 0.15) is 18.4 Å². The molecule has 0 N–H and O–H groups in total. The standard InChI is InChI=1S/C14H17F3O6S/c1-21-11-8-4-3-6-10(11)7-5-9-12(13(18)22-2)23-24(19,20)14(15,16)17/h3-4,6,8,12H,5,7,9H2,1-2H3. The van der Waals surface area contributed by atoms with Crippen molar-refractivity contribution in [2.75, 3.05) is 14.2 Å². The molecule has 0 aliphatic rings. The van der Waals surface area contributed by atoms with Gasteiger partial charge in [0.15, 0.2) is 6.10 Å². The third kappa shape index (κ3) is 5.38. The third-order valence-electron chi connectivity index (χ3n) is 3.10. The number of benzene rings is 1. The van der Waals surface area contributed by atoms with E-state index in [4.69, 9.17) is 4.74 Å². The molecule has 0 saturated heterocycles. The summed E-state index contributed by atoms with van der Waals surface area (Å²) >= 11 is 0. The van der Waals surface area contributed by atoms with Crippen molar-refractivity contribution in [1.29, 1.82) is 0 Å². The van der Waals surface area contributed by atoms with Crippen molar-refractivity contribution in [3.05, 3.63) is 29.8 Å². The molecule has 0 spiro atoms. The summed E-state index contributed by atoms with van der Waals surface area (Å²) in [5.74, 6) is -0.612. The minimum Gasteiger partial charge on any atom is -0.496 e. The molecule has 136 valence electrons. The number of carbonyl (C=O) groups excluding carboxylic acids is 1. The number of hydrogen-bond donors (Lipinski definition) is 0. The van der Waals surface area contributed by atoms with Crippen LogP contribution in [0, 0.1) is 0 Å². The van der Waals surface area contributed by atoms with Gasteiger partial charge in [-0.05, 0) is 30.9 Å². The van der Waals surface area contributed by atoms with Gasteiger partial charge in [-0.1, -0.05) is 18.2 Å². The van der Waals surface area contributed by atoms with Crippen LogP contribution in [0.5, 0.6) is 5.75 Å². The van der Waals surface area contributed by atoms with Crippen LogP contribution in [-0.2, 0) is 30.3 Å². The first-order valence-corrected chi connectivity index (χ1v) is 8.22. The number of methoxy groups -OCH3 is 2. The van der Waals surface area contributed by atoms with Gasteiger partial charge in [0.25, 0.3) is 0 Å². The molecule has 6 nitrogen and oxygen atoms in total. The van der Waals surface area contributed by atoms with E-state index in [0.717, 1.165) is 12.7 Å². The molecule has 1 atom stereocenters. The number of esters is 1. The SMILES string of the molecule is COC(=O)C(CCCc1ccccc1OC)OS(=O)(=O)C(F)(F)F. The minimum absolute atomic E-state index is 0.188. The van der Waals surface area contributed by atoms with Crippen molar-refractivity contribution >= 4 is 16.1 Å². The molecule has 10 heteroatoms. The van der Waals surface area contributed by atoms with Crippen LogP contribution in [0.25, 0.3) is 0 Å². The van der Waals surface area contributed by atoms with Crippen molar-refractivity contribution < 1.29 is 40.0 Å². The zero-order valence-corrected chi connectivity index (χ0v) is 13.8.